The lowest BCUT2D eigenvalue weighted by Gasteiger charge is -2.26. The Balaban J connectivity index is 1.96. The second kappa shape index (κ2) is 8.23. The van der Waals surface area contributed by atoms with Gasteiger partial charge in [-0.15, -0.1) is 0 Å². The summed E-state index contributed by atoms with van der Waals surface area (Å²) in [6.45, 7) is 5.35. The van der Waals surface area contributed by atoms with Gasteiger partial charge in [0, 0.05) is 30.9 Å². The van der Waals surface area contributed by atoms with Gasteiger partial charge in [-0.25, -0.2) is 8.42 Å². The zero-order chi connectivity index (χ0) is 19.4. The minimum Gasteiger partial charge on any atom is -0.309 e. The summed E-state index contributed by atoms with van der Waals surface area (Å²) in [6, 6.07) is 14.3. The zero-order valence-corrected chi connectivity index (χ0v) is 16.7. The second-order valence-corrected chi connectivity index (χ2v) is 8.76. The summed E-state index contributed by atoms with van der Waals surface area (Å²) in [7, 11) is -3.57. The van der Waals surface area contributed by atoms with Crippen molar-refractivity contribution < 1.29 is 13.2 Å². The van der Waals surface area contributed by atoms with Gasteiger partial charge in [0.15, 0.2) is 0 Å². The second-order valence-electron chi connectivity index (χ2n) is 6.83. The number of para-hydroxylation sites is 1. The number of rotatable bonds is 5. The average Bonchev–Trinajstić information content (AvgIpc) is 2.70. The summed E-state index contributed by atoms with van der Waals surface area (Å²) >= 11 is 0. The van der Waals surface area contributed by atoms with E-state index in [1.807, 2.05) is 44.2 Å². The third-order valence-corrected chi connectivity index (χ3v) is 6.92. The van der Waals surface area contributed by atoms with Crippen molar-refractivity contribution in [3.05, 3.63) is 59.7 Å². The predicted octanol–water partition coefficient (Wildman–Crippen LogP) is 3.84. The molecule has 0 unspecified atom stereocenters. The van der Waals surface area contributed by atoms with Gasteiger partial charge in [0.1, 0.15) is 0 Å². The molecule has 0 aliphatic carbocycles. The number of nitrogens with zero attached hydrogens (tertiary/aromatic N) is 2. The van der Waals surface area contributed by atoms with Gasteiger partial charge in [-0.2, -0.15) is 4.31 Å². The molecule has 0 saturated carbocycles. The van der Waals surface area contributed by atoms with Crippen LogP contribution in [0.4, 0.5) is 5.69 Å². The number of sulfonamides is 1. The number of carbonyl (C=O) groups excluding carboxylic acids is 1. The van der Waals surface area contributed by atoms with E-state index in [9.17, 15) is 13.2 Å². The summed E-state index contributed by atoms with van der Waals surface area (Å²) in [5.41, 5.74) is 2.00. The molecule has 2 aromatic carbocycles. The Labute approximate surface area is 161 Å². The molecule has 0 spiro atoms. The molecule has 5 nitrogen and oxygen atoms in total. The van der Waals surface area contributed by atoms with Crippen molar-refractivity contribution in [1.82, 2.24) is 4.31 Å². The van der Waals surface area contributed by atoms with Crippen LogP contribution in [0, 0.1) is 6.92 Å². The first-order valence-electron chi connectivity index (χ1n) is 9.43. The lowest BCUT2D eigenvalue weighted by atomic mass is 10.1. The van der Waals surface area contributed by atoms with Gasteiger partial charge < -0.3 is 4.90 Å². The third kappa shape index (κ3) is 4.06. The van der Waals surface area contributed by atoms with Crippen molar-refractivity contribution in [2.45, 2.75) is 38.0 Å². The fraction of sp³-hybridized carbons (Fsp3) is 0.381. The highest BCUT2D eigenvalue weighted by molar-refractivity contribution is 7.89. The SMILES string of the molecule is CCN(C(=O)c1cc(S(=O)(=O)N2CCCCC2)ccc1C)c1ccccc1. The Morgan fingerprint density at radius 3 is 2.33 bits per heavy atom. The van der Waals surface area contributed by atoms with E-state index >= 15 is 0 Å². The fourth-order valence-corrected chi connectivity index (χ4v) is 4.99. The summed E-state index contributed by atoms with van der Waals surface area (Å²) in [6.07, 6.45) is 2.83. The number of piperidine rings is 1. The average molecular weight is 387 g/mol. The Morgan fingerprint density at radius 1 is 1.04 bits per heavy atom. The summed E-state index contributed by atoms with van der Waals surface area (Å²) in [4.78, 5) is 15.0. The molecule has 1 aliphatic heterocycles. The maximum atomic E-state index is 13.2. The molecule has 3 rings (SSSR count). The van der Waals surface area contributed by atoms with Crippen LogP contribution in [0.5, 0.6) is 0 Å². The molecule has 1 heterocycles. The van der Waals surface area contributed by atoms with E-state index in [0.717, 1.165) is 30.5 Å². The number of hydrogen-bond acceptors (Lipinski definition) is 3. The van der Waals surface area contributed by atoms with Crippen LogP contribution in [0.25, 0.3) is 0 Å². The van der Waals surface area contributed by atoms with E-state index in [0.29, 0.717) is 25.2 Å². The molecule has 27 heavy (non-hydrogen) atoms. The van der Waals surface area contributed by atoms with E-state index in [1.165, 1.54) is 10.4 Å². The van der Waals surface area contributed by atoms with Crippen LogP contribution in [0.2, 0.25) is 0 Å². The van der Waals surface area contributed by atoms with Crippen LogP contribution in [0.15, 0.2) is 53.4 Å². The van der Waals surface area contributed by atoms with Gasteiger partial charge in [-0.05, 0) is 56.5 Å². The molecular formula is C21H26N2O3S. The first-order chi connectivity index (χ1) is 12.9. The minimum absolute atomic E-state index is 0.183. The molecule has 0 atom stereocenters. The van der Waals surface area contributed by atoms with E-state index < -0.39 is 10.0 Å². The molecule has 0 N–H and O–H groups in total. The third-order valence-electron chi connectivity index (χ3n) is 5.02. The van der Waals surface area contributed by atoms with Crippen LogP contribution < -0.4 is 4.90 Å². The van der Waals surface area contributed by atoms with Crippen LogP contribution in [-0.4, -0.2) is 38.3 Å². The lowest BCUT2D eigenvalue weighted by Crippen LogP contribution is -2.36. The van der Waals surface area contributed by atoms with Crippen molar-refractivity contribution in [3.63, 3.8) is 0 Å². The Hall–Kier alpha value is -2.18. The number of benzene rings is 2. The smallest absolute Gasteiger partial charge is 0.258 e. The van der Waals surface area contributed by atoms with Crippen molar-refractivity contribution in [3.8, 4) is 0 Å². The summed E-state index contributed by atoms with van der Waals surface area (Å²) in [5, 5.41) is 0. The Bertz CT molecular complexity index is 904. The maximum absolute atomic E-state index is 13.2. The van der Waals surface area contributed by atoms with E-state index in [1.54, 1.807) is 17.0 Å². The van der Waals surface area contributed by atoms with Crippen LogP contribution >= 0.6 is 0 Å². The first-order valence-corrected chi connectivity index (χ1v) is 10.9. The van der Waals surface area contributed by atoms with Crippen molar-refractivity contribution in [2.75, 3.05) is 24.5 Å². The van der Waals surface area contributed by atoms with Crippen molar-refractivity contribution in [1.29, 1.82) is 0 Å². The number of anilines is 1. The molecule has 2 aromatic rings. The van der Waals surface area contributed by atoms with Gasteiger partial charge in [0.2, 0.25) is 10.0 Å². The maximum Gasteiger partial charge on any atom is 0.258 e. The number of hydrogen-bond donors (Lipinski definition) is 0. The molecule has 6 heteroatoms. The van der Waals surface area contributed by atoms with E-state index in [4.69, 9.17) is 0 Å². The molecule has 1 aliphatic rings. The normalized spacial score (nSPS) is 15.5. The zero-order valence-electron chi connectivity index (χ0n) is 15.9. The number of carbonyl (C=O) groups is 1. The van der Waals surface area contributed by atoms with E-state index in [-0.39, 0.29) is 10.8 Å². The quantitative estimate of drug-likeness (QED) is 0.785. The summed E-state index contributed by atoms with van der Waals surface area (Å²) < 4.78 is 27.5. The molecule has 144 valence electrons. The molecular weight excluding hydrogens is 360 g/mol. The topological polar surface area (TPSA) is 57.7 Å². The monoisotopic (exact) mass is 386 g/mol. The molecule has 0 bridgehead atoms. The highest BCUT2D eigenvalue weighted by Gasteiger charge is 2.28. The molecule has 1 fully saturated rings. The van der Waals surface area contributed by atoms with Crippen LogP contribution in [-0.2, 0) is 10.0 Å². The van der Waals surface area contributed by atoms with Crippen LogP contribution in [0.3, 0.4) is 0 Å². The van der Waals surface area contributed by atoms with Gasteiger partial charge in [-0.3, -0.25) is 4.79 Å². The first kappa shape index (κ1) is 19.6. The van der Waals surface area contributed by atoms with Crippen molar-refractivity contribution in [2.24, 2.45) is 0 Å². The lowest BCUT2D eigenvalue weighted by molar-refractivity contribution is 0.0987. The van der Waals surface area contributed by atoms with Gasteiger partial charge >= 0.3 is 0 Å². The highest BCUT2D eigenvalue weighted by atomic mass is 32.2. The Kier molecular flexibility index (Phi) is 5.97. The molecule has 1 saturated heterocycles. The Morgan fingerprint density at radius 2 is 1.70 bits per heavy atom. The van der Waals surface area contributed by atoms with Crippen LogP contribution in [0.1, 0.15) is 42.1 Å². The molecule has 1 amide bonds. The minimum atomic E-state index is -3.57. The van der Waals surface area contributed by atoms with Crippen molar-refractivity contribution >= 4 is 21.6 Å². The van der Waals surface area contributed by atoms with Gasteiger partial charge in [0.05, 0.1) is 4.90 Å². The number of aryl methyl sites for hydroxylation is 1. The van der Waals surface area contributed by atoms with E-state index in [2.05, 4.69) is 0 Å². The van der Waals surface area contributed by atoms with Gasteiger partial charge in [-0.1, -0.05) is 30.7 Å². The summed E-state index contributed by atoms with van der Waals surface area (Å²) in [5.74, 6) is -0.183. The number of amides is 1. The predicted molar refractivity (Wildman–Crippen MR) is 108 cm³/mol. The molecule has 0 aromatic heterocycles. The standard InChI is InChI=1S/C21H26N2O3S/c1-3-23(18-10-6-4-7-11-18)21(24)20-16-19(13-12-17(20)2)27(25,26)22-14-8-5-9-15-22/h4,6-7,10-13,16H,3,5,8-9,14-15H2,1-2H3. The molecule has 0 radical (unpaired) electrons. The highest BCUT2D eigenvalue weighted by Crippen LogP contribution is 2.25. The largest absolute Gasteiger partial charge is 0.309 e. The van der Waals surface area contributed by atoms with Gasteiger partial charge in [0.25, 0.3) is 5.91 Å². The fourth-order valence-electron chi connectivity index (χ4n) is 3.44.